The van der Waals surface area contributed by atoms with Crippen LogP contribution in [-0.4, -0.2) is 25.2 Å². The van der Waals surface area contributed by atoms with Crippen LogP contribution in [0.5, 0.6) is 5.75 Å². The van der Waals surface area contributed by atoms with Gasteiger partial charge in [0.15, 0.2) is 6.61 Å². The van der Waals surface area contributed by atoms with Gasteiger partial charge in [0.1, 0.15) is 5.75 Å². The Labute approximate surface area is 131 Å². The van der Waals surface area contributed by atoms with E-state index in [4.69, 9.17) is 21.1 Å². The van der Waals surface area contributed by atoms with Gasteiger partial charge >= 0.3 is 5.97 Å². The molecule has 0 saturated heterocycles. The van der Waals surface area contributed by atoms with E-state index in [2.05, 4.69) is 19.2 Å². The molecule has 1 N–H and O–H groups in total. The standard InChI is InChI=1S/C16H24ClNO3/c1-11(2)8-18-9-13-5-6-15(14(17)7-13)20-10-16(19)21-12(3)4/h5-7,11-12,18H,8-10H2,1-4H3. The maximum Gasteiger partial charge on any atom is 0.344 e. The van der Waals surface area contributed by atoms with Crippen LogP contribution in [0.25, 0.3) is 0 Å². The third kappa shape index (κ3) is 7.34. The van der Waals surface area contributed by atoms with Gasteiger partial charge in [-0.15, -0.1) is 0 Å². The fourth-order valence-corrected chi connectivity index (χ4v) is 1.97. The Morgan fingerprint density at radius 1 is 1.29 bits per heavy atom. The molecule has 1 aromatic rings. The second-order valence-electron chi connectivity index (χ2n) is 5.62. The number of rotatable bonds is 8. The summed E-state index contributed by atoms with van der Waals surface area (Å²) in [5, 5.41) is 3.84. The number of halogens is 1. The minimum atomic E-state index is -0.399. The molecule has 0 amide bonds. The van der Waals surface area contributed by atoms with Crippen LogP contribution in [0.15, 0.2) is 18.2 Å². The molecule has 21 heavy (non-hydrogen) atoms. The van der Waals surface area contributed by atoms with Gasteiger partial charge in [-0.05, 0) is 44.0 Å². The minimum absolute atomic E-state index is 0.136. The average molecular weight is 314 g/mol. The highest BCUT2D eigenvalue weighted by Crippen LogP contribution is 2.25. The molecule has 0 aliphatic heterocycles. The van der Waals surface area contributed by atoms with Gasteiger partial charge in [-0.2, -0.15) is 0 Å². The van der Waals surface area contributed by atoms with Crippen molar-refractivity contribution in [2.45, 2.75) is 40.3 Å². The van der Waals surface area contributed by atoms with Crippen molar-refractivity contribution in [3.8, 4) is 5.75 Å². The molecule has 4 nitrogen and oxygen atoms in total. The Kier molecular flexibility index (Phi) is 7.54. The van der Waals surface area contributed by atoms with Gasteiger partial charge in [-0.1, -0.05) is 31.5 Å². The molecule has 0 radical (unpaired) electrons. The monoisotopic (exact) mass is 313 g/mol. The van der Waals surface area contributed by atoms with Crippen LogP contribution in [0.4, 0.5) is 0 Å². The van der Waals surface area contributed by atoms with Crippen LogP contribution >= 0.6 is 11.6 Å². The number of carbonyl (C=O) groups excluding carboxylic acids is 1. The maximum absolute atomic E-state index is 11.4. The molecule has 0 aromatic heterocycles. The molecule has 0 aliphatic rings. The predicted molar refractivity (Wildman–Crippen MR) is 84.7 cm³/mol. The molecule has 1 aromatic carbocycles. The minimum Gasteiger partial charge on any atom is -0.480 e. The third-order valence-corrected chi connectivity index (χ3v) is 2.89. The van der Waals surface area contributed by atoms with E-state index in [1.54, 1.807) is 19.9 Å². The Bertz CT molecular complexity index is 461. The Balaban J connectivity index is 2.48. The zero-order chi connectivity index (χ0) is 15.8. The van der Waals surface area contributed by atoms with Gasteiger partial charge in [0.25, 0.3) is 0 Å². The van der Waals surface area contributed by atoms with Crippen LogP contribution in [-0.2, 0) is 16.1 Å². The molecular formula is C16H24ClNO3. The molecule has 0 spiro atoms. The summed E-state index contributed by atoms with van der Waals surface area (Å²) >= 11 is 6.16. The second-order valence-corrected chi connectivity index (χ2v) is 6.02. The summed E-state index contributed by atoms with van der Waals surface area (Å²) in [7, 11) is 0. The van der Waals surface area contributed by atoms with Crippen molar-refractivity contribution < 1.29 is 14.3 Å². The molecule has 0 heterocycles. The fourth-order valence-electron chi connectivity index (χ4n) is 1.71. The molecular weight excluding hydrogens is 290 g/mol. The number of ether oxygens (including phenoxy) is 2. The molecule has 0 bridgehead atoms. The van der Waals surface area contributed by atoms with E-state index in [-0.39, 0.29) is 12.7 Å². The van der Waals surface area contributed by atoms with Crippen molar-refractivity contribution in [3.63, 3.8) is 0 Å². The lowest BCUT2D eigenvalue weighted by atomic mass is 10.2. The lowest BCUT2D eigenvalue weighted by Gasteiger charge is -2.12. The van der Waals surface area contributed by atoms with E-state index in [9.17, 15) is 4.79 Å². The van der Waals surface area contributed by atoms with Crippen LogP contribution in [0.3, 0.4) is 0 Å². The van der Waals surface area contributed by atoms with Crippen molar-refractivity contribution in [1.29, 1.82) is 0 Å². The van der Waals surface area contributed by atoms with Crippen molar-refractivity contribution >= 4 is 17.6 Å². The highest BCUT2D eigenvalue weighted by Gasteiger charge is 2.09. The molecule has 0 unspecified atom stereocenters. The van der Waals surface area contributed by atoms with Gasteiger partial charge in [0, 0.05) is 6.54 Å². The lowest BCUT2D eigenvalue weighted by molar-refractivity contribution is -0.149. The third-order valence-electron chi connectivity index (χ3n) is 2.59. The van der Waals surface area contributed by atoms with Crippen molar-refractivity contribution in [3.05, 3.63) is 28.8 Å². The van der Waals surface area contributed by atoms with E-state index in [0.29, 0.717) is 16.7 Å². The summed E-state index contributed by atoms with van der Waals surface area (Å²) in [4.78, 5) is 11.4. The first-order valence-corrected chi connectivity index (χ1v) is 7.57. The second kappa shape index (κ2) is 8.90. The van der Waals surface area contributed by atoms with Crippen LogP contribution < -0.4 is 10.1 Å². The number of nitrogens with one attached hydrogen (secondary N) is 1. The average Bonchev–Trinajstić information content (AvgIpc) is 2.36. The quantitative estimate of drug-likeness (QED) is 0.747. The molecule has 0 aliphatic carbocycles. The van der Waals surface area contributed by atoms with Gasteiger partial charge in [-0.25, -0.2) is 4.79 Å². The van der Waals surface area contributed by atoms with Gasteiger partial charge in [0.05, 0.1) is 11.1 Å². The summed E-state index contributed by atoms with van der Waals surface area (Å²) in [5.41, 5.74) is 1.08. The first-order valence-electron chi connectivity index (χ1n) is 7.20. The number of carbonyl (C=O) groups is 1. The largest absolute Gasteiger partial charge is 0.480 e. The summed E-state index contributed by atoms with van der Waals surface area (Å²) in [5.74, 6) is 0.698. The van der Waals surface area contributed by atoms with Crippen LogP contribution in [0.1, 0.15) is 33.3 Å². The van der Waals surface area contributed by atoms with E-state index in [1.807, 2.05) is 12.1 Å². The summed E-state index contributed by atoms with van der Waals surface area (Å²) in [6.07, 6.45) is -0.147. The SMILES string of the molecule is CC(C)CNCc1ccc(OCC(=O)OC(C)C)c(Cl)c1. The highest BCUT2D eigenvalue weighted by molar-refractivity contribution is 6.32. The topological polar surface area (TPSA) is 47.6 Å². The van der Waals surface area contributed by atoms with Crippen molar-refractivity contribution in [2.24, 2.45) is 5.92 Å². The van der Waals surface area contributed by atoms with Crippen LogP contribution in [0.2, 0.25) is 5.02 Å². The number of hydrogen-bond donors (Lipinski definition) is 1. The number of benzene rings is 1. The molecule has 1 rings (SSSR count). The van der Waals surface area contributed by atoms with Crippen molar-refractivity contribution in [2.75, 3.05) is 13.2 Å². The zero-order valence-electron chi connectivity index (χ0n) is 13.1. The van der Waals surface area contributed by atoms with Gasteiger partial charge in [-0.3, -0.25) is 0 Å². The van der Waals surface area contributed by atoms with Gasteiger partial charge in [0.2, 0.25) is 0 Å². The van der Waals surface area contributed by atoms with E-state index >= 15 is 0 Å². The van der Waals surface area contributed by atoms with E-state index in [0.717, 1.165) is 18.7 Å². The molecule has 5 heteroatoms. The molecule has 0 atom stereocenters. The Morgan fingerprint density at radius 2 is 2.00 bits per heavy atom. The summed E-state index contributed by atoms with van der Waals surface area (Å²) in [6, 6.07) is 5.55. The molecule has 0 fully saturated rings. The predicted octanol–water partition coefficient (Wildman–Crippen LogP) is 3.42. The lowest BCUT2D eigenvalue weighted by Crippen LogP contribution is -2.19. The fraction of sp³-hybridized carbons (Fsp3) is 0.562. The smallest absolute Gasteiger partial charge is 0.344 e. The zero-order valence-corrected chi connectivity index (χ0v) is 13.9. The summed E-state index contributed by atoms with van der Waals surface area (Å²) < 4.78 is 10.4. The van der Waals surface area contributed by atoms with Crippen molar-refractivity contribution in [1.82, 2.24) is 5.32 Å². The van der Waals surface area contributed by atoms with Crippen LogP contribution in [0, 0.1) is 5.92 Å². The van der Waals surface area contributed by atoms with E-state index in [1.165, 1.54) is 0 Å². The first kappa shape index (κ1) is 17.8. The summed E-state index contributed by atoms with van der Waals surface area (Å²) in [6.45, 7) is 9.49. The molecule has 118 valence electrons. The van der Waals surface area contributed by atoms with Gasteiger partial charge < -0.3 is 14.8 Å². The Hall–Kier alpha value is -1.26. The Morgan fingerprint density at radius 3 is 2.57 bits per heavy atom. The highest BCUT2D eigenvalue weighted by atomic mass is 35.5. The first-order chi connectivity index (χ1) is 9.88. The number of hydrogen-bond acceptors (Lipinski definition) is 4. The maximum atomic E-state index is 11.4. The number of esters is 1. The van der Waals surface area contributed by atoms with E-state index < -0.39 is 5.97 Å². The molecule has 0 saturated carbocycles. The normalized spacial score (nSPS) is 11.0.